The smallest absolute Gasteiger partial charge is 0.336 e. The van der Waals surface area contributed by atoms with E-state index in [4.69, 9.17) is 5.73 Å². The highest BCUT2D eigenvalue weighted by Crippen LogP contribution is 2.14. The summed E-state index contributed by atoms with van der Waals surface area (Å²) in [6, 6.07) is 0. The lowest BCUT2D eigenvalue weighted by Gasteiger charge is -2.27. The van der Waals surface area contributed by atoms with Crippen LogP contribution in [-0.4, -0.2) is 29.8 Å². The van der Waals surface area contributed by atoms with Crippen LogP contribution in [-0.2, 0) is 9.53 Å². The van der Waals surface area contributed by atoms with Crippen LogP contribution in [0.4, 0.5) is 0 Å². The number of ether oxygens (including phenoxy) is 1. The number of carbonyl (C=O) groups excluding carboxylic acids is 1. The average molecular weight is 175 g/mol. The second-order valence-electron chi connectivity index (χ2n) is 3.18. The van der Waals surface area contributed by atoms with E-state index >= 15 is 0 Å². The molecule has 0 saturated heterocycles. The fourth-order valence-corrected chi connectivity index (χ4v) is 1.06. The van der Waals surface area contributed by atoms with Crippen LogP contribution in [0.2, 0.25) is 0 Å². The Morgan fingerprint density at radius 1 is 1.75 bits per heavy atom. The van der Waals surface area contributed by atoms with E-state index in [1.54, 1.807) is 6.92 Å². The molecule has 0 unspecified atom stereocenters. The van der Waals surface area contributed by atoms with Crippen molar-refractivity contribution in [2.75, 3.05) is 7.11 Å². The molecule has 4 heteroatoms. The minimum absolute atomic E-state index is 0.587. The topological polar surface area (TPSA) is 72.5 Å². The van der Waals surface area contributed by atoms with Crippen LogP contribution in [0.1, 0.15) is 26.7 Å². The molecule has 0 fully saturated rings. The standard InChI is InChI=1S/C8H17NO3/c1-4-5-8(2,9)6(10)7(11)12-3/h6,10H,4-5,9H2,1-3H3/t6-,8+/m1/s1. The predicted octanol–water partition coefficient (Wildman–Crippen LogP) is 0.0378. The third-order valence-electron chi connectivity index (χ3n) is 1.84. The number of aliphatic hydroxyl groups is 1. The minimum Gasteiger partial charge on any atom is -0.467 e. The van der Waals surface area contributed by atoms with Crippen molar-refractivity contribution in [1.82, 2.24) is 0 Å². The molecule has 12 heavy (non-hydrogen) atoms. The molecule has 0 bridgehead atoms. The molecule has 0 aromatic rings. The Morgan fingerprint density at radius 2 is 2.25 bits per heavy atom. The van der Waals surface area contributed by atoms with E-state index in [2.05, 4.69) is 4.74 Å². The monoisotopic (exact) mass is 175 g/mol. The molecular weight excluding hydrogens is 158 g/mol. The second kappa shape index (κ2) is 4.42. The quantitative estimate of drug-likeness (QED) is 0.592. The van der Waals surface area contributed by atoms with Crippen LogP contribution >= 0.6 is 0 Å². The average Bonchev–Trinajstić information content (AvgIpc) is 2.01. The summed E-state index contributed by atoms with van der Waals surface area (Å²) in [6.45, 7) is 3.58. The van der Waals surface area contributed by atoms with Crippen LogP contribution in [0.25, 0.3) is 0 Å². The van der Waals surface area contributed by atoms with E-state index in [0.29, 0.717) is 6.42 Å². The molecule has 0 aromatic carbocycles. The van der Waals surface area contributed by atoms with Crippen LogP contribution in [0.15, 0.2) is 0 Å². The van der Waals surface area contributed by atoms with Gasteiger partial charge in [-0.15, -0.1) is 0 Å². The summed E-state index contributed by atoms with van der Waals surface area (Å²) in [6.07, 6.45) is 0.173. The second-order valence-corrected chi connectivity index (χ2v) is 3.18. The summed E-state index contributed by atoms with van der Waals surface area (Å²) in [5, 5.41) is 9.38. The van der Waals surface area contributed by atoms with Gasteiger partial charge in [0.05, 0.1) is 7.11 Å². The minimum atomic E-state index is -1.23. The first-order chi connectivity index (χ1) is 5.45. The molecule has 0 saturated carbocycles. The number of hydrogen-bond acceptors (Lipinski definition) is 4. The van der Waals surface area contributed by atoms with Crippen LogP contribution in [0.3, 0.4) is 0 Å². The molecule has 0 radical (unpaired) electrons. The number of aliphatic hydroxyl groups excluding tert-OH is 1. The SMILES string of the molecule is CCC[C@](C)(N)[C@H](O)C(=O)OC. The maximum atomic E-state index is 10.9. The van der Waals surface area contributed by atoms with E-state index in [1.165, 1.54) is 7.11 Å². The molecule has 0 amide bonds. The summed E-state index contributed by atoms with van der Waals surface area (Å²) in [7, 11) is 1.23. The molecule has 4 nitrogen and oxygen atoms in total. The van der Waals surface area contributed by atoms with Crippen molar-refractivity contribution in [2.24, 2.45) is 5.73 Å². The first-order valence-electron chi connectivity index (χ1n) is 4.00. The number of rotatable bonds is 4. The molecule has 0 aliphatic carbocycles. The summed E-state index contributed by atoms with van der Waals surface area (Å²) < 4.78 is 4.38. The highest BCUT2D eigenvalue weighted by atomic mass is 16.5. The maximum Gasteiger partial charge on any atom is 0.336 e. The summed E-state index contributed by atoms with van der Waals surface area (Å²) in [5.74, 6) is -0.673. The van der Waals surface area contributed by atoms with Crippen molar-refractivity contribution in [3.05, 3.63) is 0 Å². The molecule has 0 spiro atoms. The molecule has 0 aliphatic heterocycles. The van der Waals surface area contributed by atoms with E-state index in [-0.39, 0.29) is 0 Å². The highest BCUT2D eigenvalue weighted by molar-refractivity contribution is 5.75. The summed E-state index contributed by atoms with van der Waals surface area (Å²) >= 11 is 0. The molecule has 3 N–H and O–H groups in total. The lowest BCUT2D eigenvalue weighted by molar-refractivity contribution is -0.154. The van der Waals surface area contributed by atoms with Crippen molar-refractivity contribution >= 4 is 5.97 Å². The van der Waals surface area contributed by atoms with Gasteiger partial charge in [0.2, 0.25) is 0 Å². The predicted molar refractivity (Wildman–Crippen MR) is 45.5 cm³/mol. The van der Waals surface area contributed by atoms with E-state index in [0.717, 1.165) is 6.42 Å². The Morgan fingerprint density at radius 3 is 2.58 bits per heavy atom. The number of esters is 1. The third kappa shape index (κ3) is 2.79. The summed E-state index contributed by atoms with van der Waals surface area (Å²) in [5.41, 5.74) is 4.81. The largest absolute Gasteiger partial charge is 0.467 e. The molecule has 0 heterocycles. The Kier molecular flexibility index (Phi) is 4.20. The number of carbonyl (C=O) groups is 1. The normalized spacial score (nSPS) is 18.1. The number of nitrogens with two attached hydrogens (primary N) is 1. The Labute approximate surface area is 72.7 Å². The van der Waals surface area contributed by atoms with Crippen molar-refractivity contribution < 1.29 is 14.6 Å². The fourth-order valence-electron chi connectivity index (χ4n) is 1.06. The third-order valence-corrected chi connectivity index (χ3v) is 1.84. The van der Waals surface area contributed by atoms with E-state index < -0.39 is 17.6 Å². The molecule has 0 rings (SSSR count). The van der Waals surface area contributed by atoms with Crippen molar-refractivity contribution in [3.63, 3.8) is 0 Å². The van der Waals surface area contributed by atoms with Gasteiger partial charge in [-0.2, -0.15) is 0 Å². The van der Waals surface area contributed by atoms with Gasteiger partial charge in [-0.25, -0.2) is 4.79 Å². The summed E-state index contributed by atoms with van der Waals surface area (Å²) in [4.78, 5) is 10.9. The van der Waals surface area contributed by atoms with Gasteiger partial charge >= 0.3 is 5.97 Å². The van der Waals surface area contributed by atoms with Crippen LogP contribution in [0, 0.1) is 0 Å². The van der Waals surface area contributed by atoms with Crippen molar-refractivity contribution in [1.29, 1.82) is 0 Å². The molecule has 2 atom stereocenters. The lowest BCUT2D eigenvalue weighted by Crippen LogP contribution is -2.52. The number of methoxy groups -OCH3 is 1. The Balaban J connectivity index is 4.23. The zero-order chi connectivity index (χ0) is 9.78. The highest BCUT2D eigenvalue weighted by Gasteiger charge is 2.33. The lowest BCUT2D eigenvalue weighted by atomic mass is 9.91. The van der Waals surface area contributed by atoms with Crippen LogP contribution in [0.5, 0.6) is 0 Å². The zero-order valence-corrected chi connectivity index (χ0v) is 7.83. The van der Waals surface area contributed by atoms with E-state index in [9.17, 15) is 9.90 Å². The Hall–Kier alpha value is -0.610. The van der Waals surface area contributed by atoms with Gasteiger partial charge in [0.25, 0.3) is 0 Å². The zero-order valence-electron chi connectivity index (χ0n) is 7.83. The number of hydrogen-bond donors (Lipinski definition) is 2. The maximum absolute atomic E-state index is 10.9. The Bertz CT molecular complexity index is 156. The first-order valence-corrected chi connectivity index (χ1v) is 4.00. The molecule has 0 aliphatic rings. The van der Waals surface area contributed by atoms with Crippen molar-refractivity contribution in [3.8, 4) is 0 Å². The van der Waals surface area contributed by atoms with Gasteiger partial charge in [-0.3, -0.25) is 0 Å². The van der Waals surface area contributed by atoms with E-state index in [1.807, 2.05) is 6.92 Å². The van der Waals surface area contributed by atoms with Gasteiger partial charge < -0.3 is 15.6 Å². The first kappa shape index (κ1) is 11.4. The fraction of sp³-hybridized carbons (Fsp3) is 0.875. The molecule has 0 aromatic heterocycles. The van der Waals surface area contributed by atoms with Gasteiger partial charge in [0, 0.05) is 5.54 Å². The van der Waals surface area contributed by atoms with Gasteiger partial charge in [-0.05, 0) is 13.3 Å². The molecule has 72 valence electrons. The van der Waals surface area contributed by atoms with Crippen LogP contribution < -0.4 is 5.73 Å². The van der Waals surface area contributed by atoms with Gasteiger partial charge in [-0.1, -0.05) is 13.3 Å². The van der Waals surface area contributed by atoms with Gasteiger partial charge in [0.15, 0.2) is 6.10 Å². The van der Waals surface area contributed by atoms with Gasteiger partial charge in [0.1, 0.15) is 0 Å². The van der Waals surface area contributed by atoms with Crippen molar-refractivity contribution in [2.45, 2.75) is 38.3 Å². The molecular formula is C8H17NO3.